The van der Waals surface area contributed by atoms with Crippen molar-refractivity contribution in [2.24, 2.45) is 4.99 Å². The summed E-state index contributed by atoms with van der Waals surface area (Å²) in [6.45, 7) is 0.388. The van der Waals surface area contributed by atoms with E-state index in [1.165, 1.54) is 0 Å². The molecular formula is C23H18ClN3O3. The van der Waals surface area contributed by atoms with E-state index in [-0.39, 0.29) is 30.2 Å². The minimum absolute atomic E-state index is 0.0330. The maximum Gasteiger partial charge on any atom is 0.220 e. The number of benzene rings is 2. The molecule has 1 N–H and O–H groups in total. The van der Waals surface area contributed by atoms with Crippen LogP contribution in [0.25, 0.3) is 0 Å². The smallest absolute Gasteiger partial charge is 0.220 e. The molecule has 0 spiro atoms. The fourth-order valence-corrected chi connectivity index (χ4v) is 3.23. The van der Waals surface area contributed by atoms with Gasteiger partial charge in [0.15, 0.2) is 11.5 Å². The number of ether oxygens (including phenoxy) is 1. The van der Waals surface area contributed by atoms with Crippen LogP contribution in [-0.4, -0.2) is 22.4 Å². The zero-order valence-corrected chi connectivity index (χ0v) is 16.7. The van der Waals surface area contributed by atoms with Crippen molar-refractivity contribution < 1.29 is 14.3 Å². The summed E-state index contributed by atoms with van der Waals surface area (Å²) in [5.41, 5.74) is 2.27. The van der Waals surface area contributed by atoms with Crippen LogP contribution in [0.15, 0.2) is 72.0 Å². The van der Waals surface area contributed by atoms with E-state index in [1.807, 2.05) is 24.3 Å². The summed E-state index contributed by atoms with van der Waals surface area (Å²) < 4.78 is 5.94. The molecule has 0 bridgehead atoms. The zero-order chi connectivity index (χ0) is 20.9. The van der Waals surface area contributed by atoms with Crippen molar-refractivity contribution >= 4 is 34.7 Å². The summed E-state index contributed by atoms with van der Waals surface area (Å²) in [7, 11) is 0. The van der Waals surface area contributed by atoms with Crippen LogP contribution in [0, 0.1) is 0 Å². The van der Waals surface area contributed by atoms with Crippen molar-refractivity contribution in [2.45, 2.75) is 19.4 Å². The second kappa shape index (κ2) is 8.88. The highest BCUT2D eigenvalue weighted by molar-refractivity contribution is 6.47. The largest absolute Gasteiger partial charge is 0.454 e. The quantitative estimate of drug-likeness (QED) is 0.631. The molecule has 2 aromatic carbocycles. The topological polar surface area (TPSA) is 80.7 Å². The van der Waals surface area contributed by atoms with Gasteiger partial charge >= 0.3 is 0 Å². The van der Waals surface area contributed by atoms with Gasteiger partial charge in [0.25, 0.3) is 0 Å². The predicted octanol–water partition coefficient (Wildman–Crippen LogP) is 4.63. The molecule has 1 aliphatic rings. The molecule has 1 aliphatic heterocycles. The Morgan fingerprint density at radius 1 is 0.967 bits per heavy atom. The number of hydrogen-bond donors (Lipinski definition) is 1. The minimum Gasteiger partial charge on any atom is -0.454 e. The van der Waals surface area contributed by atoms with E-state index in [0.717, 1.165) is 5.56 Å². The molecular weight excluding hydrogens is 402 g/mol. The monoisotopic (exact) mass is 419 g/mol. The lowest BCUT2D eigenvalue weighted by Crippen LogP contribution is -2.25. The van der Waals surface area contributed by atoms with Crippen LogP contribution in [0.1, 0.15) is 24.0 Å². The summed E-state index contributed by atoms with van der Waals surface area (Å²) >= 11 is 6.09. The van der Waals surface area contributed by atoms with Crippen LogP contribution < -0.4 is 10.1 Å². The van der Waals surface area contributed by atoms with E-state index in [0.29, 0.717) is 34.3 Å². The molecule has 0 radical (unpaired) electrons. The van der Waals surface area contributed by atoms with Gasteiger partial charge in [-0.1, -0.05) is 23.7 Å². The first kappa shape index (κ1) is 19.8. The lowest BCUT2D eigenvalue weighted by atomic mass is 10.0. The molecule has 0 atom stereocenters. The molecule has 0 saturated heterocycles. The Morgan fingerprint density at radius 3 is 2.60 bits per heavy atom. The lowest BCUT2D eigenvalue weighted by molar-refractivity contribution is -0.123. The third kappa shape index (κ3) is 4.55. The number of halogens is 1. The van der Waals surface area contributed by atoms with Gasteiger partial charge in [-0.15, -0.1) is 0 Å². The van der Waals surface area contributed by atoms with Crippen molar-refractivity contribution in [3.63, 3.8) is 0 Å². The van der Waals surface area contributed by atoms with Gasteiger partial charge in [0, 0.05) is 42.4 Å². The number of rotatable bonds is 6. The summed E-state index contributed by atoms with van der Waals surface area (Å²) in [6, 6.07) is 15.9. The number of pyridine rings is 1. The number of para-hydroxylation sites is 1. The van der Waals surface area contributed by atoms with Gasteiger partial charge in [0.1, 0.15) is 17.1 Å². The van der Waals surface area contributed by atoms with Gasteiger partial charge in [-0.2, -0.15) is 0 Å². The maximum atomic E-state index is 13.0. The number of nitrogens with zero attached hydrogens (tertiary/aromatic N) is 2. The first-order valence-corrected chi connectivity index (χ1v) is 9.82. The molecule has 0 unspecified atom stereocenters. The lowest BCUT2D eigenvalue weighted by Gasteiger charge is -2.09. The number of amides is 1. The first-order chi connectivity index (χ1) is 14.6. The molecule has 7 heteroatoms. The molecule has 1 aromatic heterocycles. The van der Waals surface area contributed by atoms with Gasteiger partial charge in [0.05, 0.1) is 0 Å². The summed E-state index contributed by atoms with van der Waals surface area (Å²) in [5.74, 6) is 0.609. The number of Topliss-reactive ketones (excluding diaryl/α,β-unsaturated/α-hetero) is 1. The Hall–Kier alpha value is -3.51. The number of ketones is 1. The molecule has 1 amide bonds. The van der Waals surface area contributed by atoms with Gasteiger partial charge < -0.3 is 10.1 Å². The minimum atomic E-state index is -0.238. The van der Waals surface area contributed by atoms with Crippen LogP contribution in [0.3, 0.4) is 0 Å². The fourth-order valence-electron chi connectivity index (χ4n) is 3.06. The van der Waals surface area contributed by atoms with Crippen LogP contribution >= 0.6 is 11.6 Å². The van der Waals surface area contributed by atoms with Crippen LogP contribution in [0.4, 0.5) is 5.69 Å². The number of aromatic nitrogens is 1. The van der Waals surface area contributed by atoms with Crippen molar-refractivity contribution in [3.8, 4) is 11.5 Å². The molecule has 150 valence electrons. The molecule has 4 rings (SSSR count). The number of nitrogens with one attached hydrogen (secondary N) is 1. The van der Waals surface area contributed by atoms with E-state index < -0.39 is 0 Å². The number of aliphatic imine (C=N–C) groups is 1. The molecule has 6 nitrogen and oxygen atoms in total. The molecule has 0 fully saturated rings. The third-order valence-corrected chi connectivity index (χ3v) is 4.83. The molecule has 30 heavy (non-hydrogen) atoms. The van der Waals surface area contributed by atoms with Crippen molar-refractivity contribution in [3.05, 3.63) is 83.1 Å². The van der Waals surface area contributed by atoms with Crippen molar-refractivity contribution in [2.75, 3.05) is 0 Å². The molecule has 2 heterocycles. The number of carbonyl (C=O) groups excluding carboxylic acids is 2. The predicted molar refractivity (Wildman–Crippen MR) is 114 cm³/mol. The highest BCUT2D eigenvalue weighted by atomic mass is 35.5. The Labute approximate surface area is 178 Å². The number of carbonyl (C=O) groups is 2. The van der Waals surface area contributed by atoms with Crippen molar-refractivity contribution in [1.29, 1.82) is 0 Å². The fraction of sp³-hybridized carbons (Fsp3) is 0.130. The van der Waals surface area contributed by atoms with E-state index in [4.69, 9.17) is 16.3 Å². The van der Waals surface area contributed by atoms with E-state index in [9.17, 15) is 9.59 Å². The van der Waals surface area contributed by atoms with Gasteiger partial charge in [-0.3, -0.25) is 14.6 Å². The molecule has 0 saturated carbocycles. The number of fused-ring (bicyclic) bond motifs is 2. The molecule has 3 aromatic rings. The average molecular weight is 420 g/mol. The van der Waals surface area contributed by atoms with E-state index in [2.05, 4.69) is 15.3 Å². The Morgan fingerprint density at radius 2 is 1.77 bits per heavy atom. The zero-order valence-electron chi connectivity index (χ0n) is 16.0. The average Bonchev–Trinajstić information content (AvgIpc) is 2.93. The standard InChI is InChI=1S/C23H18ClN3O3/c24-16-5-7-21-18(13-16)27-23(17-3-1-2-4-20(17)30-21)19(28)6-8-22(29)26-14-15-9-11-25-12-10-15/h1-5,7,9-13H,6,8,14H2,(H,26,29). The van der Waals surface area contributed by atoms with Crippen LogP contribution in [0.2, 0.25) is 5.02 Å². The van der Waals surface area contributed by atoms with Gasteiger partial charge in [-0.25, -0.2) is 4.99 Å². The normalized spacial score (nSPS) is 12.0. The SMILES string of the molecule is O=C(CCC(=O)C1=Nc2cc(Cl)ccc2Oc2ccccc21)NCc1ccncc1. The van der Waals surface area contributed by atoms with E-state index in [1.54, 1.807) is 42.7 Å². The summed E-state index contributed by atoms with van der Waals surface area (Å²) in [4.78, 5) is 33.7. The number of hydrogen-bond acceptors (Lipinski definition) is 5. The van der Waals surface area contributed by atoms with Crippen LogP contribution in [0.5, 0.6) is 11.5 Å². The summed E-state index contributed by atoms with van der Waals surface area (Å²) in [6.07, 6.45) is 3.43. The second-order valence-corrected chi connectivity index (χ2v) is 7.16. The van der Waals surface area contributed by atoms with E-state index >= 15 is 0 Å². The van der Waals surface area contributed by atoms with Crippen LogP contribution in [-0.2, 0) is 16.1 Å². The Balaban J connectivity index is 1.50. The second-order valence-electron chi connectivity index (χ2n) is 6.73. The third-order valence-electron chi connectivity index (χ3n) is 4.60. The van der Waals surface area contributed by atoms with Gasteiger partial charge in [0.2, 0.25) is 5.91 Å². The summed E-state index contributed by atoms with van der Waals surface area (Å²) in [5, 5.41) is 3.31. The highest BCUT2D eigenvalue weighted by Gasteiger charge is 2.23. The first-order valence-electron chi connectivity index (χ1n) is 9.44. The Kier molecular flexibility index (Phi) is 5.86. The van der Waals surface area contributed by atoms with Crippen molar-refractivity contribution in [1.82, 2.24) is 10.3 Å². The Bertz CT molecular complexity index is 1130. The van der Waals surface area contributed by atoms with Gasteiger partial charge in [-0.05, 0) is 48.0 Å². The highest BCUT2D eigenvalue weighted by Crippen LogP contribution is 2.39. The molecule has 0 aliphatic carbocycles. The maximum absolute atomic E-state index is 13.0.